The Morgan fingerprint density at radius 2 is 1.89 bits per heavy atom. The first-order chi connectivity index (χ1) is 13.3. The van der Waals surface area contributed by atoms with Gasteiger partial charge in [0.25, 0.3) is 5.91 Å². The molecule has 138 valence electrons. The number of anilines is 1. The molecule has 3 nitrogen and oxygen atoms in total. The van der Waals surface area contributed by atoms with Gasteiger partial charge in [0.15, 0.2) is 0 Å². The van der Waals surface area contributed by atoms with Gasteiger partial charge in [-0.2, -0.15) is 0 Å². The van der Waals surface area contributed by atoms with E-state index in [9.17, 15) is 4.79 Å². The summed E-state index contributed by atoms with van der Waals surface area (Å²) < 4.78 is 0. The number of nitrogens with one attached hydrogen (secondary N) is 1. The Kier molecular flexibility index (Phi) is 5.80. The molecular formula is C22H22N2OS2. The third-order valence-electron chi connectivity index (χ3n) is 4.69. The summed E-state index contributed by atoms with van der Waals surface area (Å²) in [7, 11) is 0. The SMILES string of the molecule is O=C(c1ccccc1SCc1cccs1)N1CCC(Nc2ccccc2)C1. The van der Waals surface area contributed by atoms with Gasteiger partial charge in [0, 0.05) is 40.3 Å². The van der Waals surface area contributed by atoms with E-state index < -0.39 is 0 Å². The van der Waals surface area contributed by atoms with Crippen LogP contribution in [0.4, 0.5) is 5.69 Å². The van der Waals surface area contributed by atoms with Gasteiger partial charge in [0.1, 0.15) is 0 Å². The van der Waals surface area contributed by atoms with Crippen LogP contribution in [0.5, 0.6) is 0 Å². The zero-order chi connectivity index (χ0) is 18.5. The van der Waals surface area contributed by atoms with E-state index in [2.05, 4.69) is 41.0 Å². The smallest absolute Gasteiger partial charge is 0.255 e. The Morgan fingerprint density at radius 3 is 2.70 bits per heavy atom. The van der Waals surface area contributed by atoms with E-state index in [1.165, 1.54) is 4.88 Å². The number of benzene rings is 2. The molecule has 5 heteroatoms. The molecule has 4 rings (SSSR count). The summed E-state index contributed by atoms with van der Waals surface area (Å²) in [5.74, 6) is 1.04. The van der Waals surface area contributed by atoms with Crippen molar-refractivity contribution in [3.63, 3.8) is 0 Å². The van der Waals surface area contributed by atoms with E-state index in [1.54, 1.807) is 23.1 Å². The van der Waals surface area contributed by atoms with Crippen LogP contribution in [-0.4, -0.2) is 29.9 Å². The fourth-order valence-electron chi connectivity index (χ4n) is 3.32. The molecule has 1 aliphatic heterocycles. The molecule has 1 amide bonds. The van der Waals surface area contributed by atoms with Crippen molar-refractivity contribution in [1.29, 1.82) is 0 Å². The largest absolute Gasteiger partial charge is 0.380 e. The van der Waals surface area contributed by atoms with E-state index in [-0.39, 0.29) is 5.91 Å². The van der Waals surface area contributed by atoms with E-state index in [1.807, 2.05) is 41.3 Å². The van der Waals surface area contributed by atoms with Crippen LogP contribution in [0.1, 0.15) is 21.7 Å². The molecule has 3 aromatic rings. The summed E-state index contributed by atoms with van der Waals surface area (Å²) in [5, 5.41) is 5.63. The number of thiophene rings is 1. The number of thioether (sulfide) groups is 1. The lowest BCUT2D eigenvalue weighted by Crippen LogP contribution is -2.31. The van der Waals surface area contributed by atoms with Gasteiger partial charge in [0.05, 0.1) is 5.56 Å². The molecule has 2 aromatic carbocycles. The summed E-state index contributed by atoms with van der Waals surface area (Å²) in [6.07, 6.45) is 0.977. The second kappa shape index (κ2) is 8.63. The molecule has 0 saturated carbocycles. The van der Waals surface area contributed by atoms with Gasteiger partial charge in [0.2, 0.25) is 0 Å². The Hall–Kier alpha value is -2.24. The number of hydrogen-bond donors (Lipinski definition) is 1. The van der Waals surface area contributed by atoms with E-state index in [0.717, 1.165) is 41.4 Å². The fourth-order valence-corrected chi connectivity index (χ4v) is 5.13. The predicted octanol–water partition coefficient (Wildman–Crippen LogP) is 5.37. The monoisotopic (exact) mass is 394 g/mol. The van der Waals surface area contributed by atoms with Gasteiger partial charge >= 0.3 is 0 Å². The highest BCUT2D eigenvalue weighted by Gasteiger charge is 2.28. The van der Waals surface area contributed by atoms with E-state index in [4.69, 9.17) is 0 Å². The summed E-state index contributed by atoms with van der Waals surface area (Å²) in [4.78, 5) is 17.5. The molecule has 1 aliphatic rings. The Balaban J connectivity index is 1.41. The quantitative estimate of drug-likeness (QED) is 0.571. The molecule has 0 spiro atoms. The average molecular weight is 395 g/mol. The first-order valence-corrected chi connectivity index (χ1v) is 11.0. The van der Waals surface area contributed by atoms with Gasteiger partial charge in [-0.05, 0) is 42.1 Å². The van der Waals surface area contributed by atoms with Crippen molar-refractivity contribution < 1.29 is 4.79 Å². The molecule has 1 atom stereocenters. The number of para-hydroxylation sites is 1. The average Bonchev–Trinajstić information content (AvgIpc) is 3.39. The molecule has 1 fully saturated rings. The zero-order valence-corrected chi connectivity index (χ0v) is 16.6. The van der Waals surface area contributed by atoms with Crippen molar-refractivity contribution in [1.82, 2.24) is 4.90 Å². The minimum absolute atomic E-state index is 0.140. The number of nitrogens with zero attached hydrogens (tertiary/aromatic N) is 1. The highest BCUT2D eigenvalue weighted by atomic mass is 32.2. The Bertz CT molecular complexity index is 880. The molecule has 2 heterocycles. The number of amides is 1. The van der Waals surface area contributed by atoms with Crippen molar-refractivity contribution in [3.8, 4) is 0 Å². The van der Waals surface area contributed by atoms with Crippen LogP contribution < -0.4 is 5.32 Å². The lowest BCUT2D eigenvalue weighted by Gasteiger charge is -2.19. The third kappa shape index (κ3) is 4.54. The van der Waals surface area contributed by atoms with Crippen LogP contribution in [0, 0.1) is 0 Å². The number of likely N-dealkylation sites (tertiary alicyclic amines) is 1. The minimum Gasteiger partial charge on any atom is -0.380 e. The summed E-state index contributed by atoms with van der Waals surface area (Å²) in [6, 6.07) is 22.7. The van der Waals surface area contributed by atoms with Crippen LogP contribution in [0.25, 0.3) is 0 Å². The molecule has 0 bridgehead atoms. The lowest BCUT2D eigenvalue weighted by molar-refractivity contribution is 0.0788. The first-order valence-electron chi connectivity index (χ1n) is 9.14. The van der Waals surface area contributed by atoms with Crippen LogP contribution in [-0.2, 0) is 5.75 Å². The number of carbonyl (C=O) groups is 1. The highest BCUT2D eigenvalue weighted by Crippen LogP contribution is 2.29. The van der Waals surface area contributed by atoms with Crippen LogP contribution in [0.2, 0.25) is 0 Å². The van der Waals surface area contributed by atoms with E-state index >= 15 is 0 Å². The van der Waals surface area contributed by atoms with Crippen molar-refractivity contribution in [2.24, 2.45) is 0 Å². The fraction of sp³-hybridized carbons (Fsp3) is 0.227. The van der Waals surface area contributed by atoms with Crippen molar-refractivity contribution in [2.45, 2.75) is 23.1 Å². The van der Waals surface area contributed by atoms with Gasteiger partial charge in [-0.1, -0.05) is 36.4 Å². The van der Waals surface area contributed by atoms with Crippen molar-refractivity contribution in [2.75, 3.05) is 18.4 Å². The number of carbonyl (C=O) groups excluding carboxylic acids is 1. The normalized spacial score (nSPS) is 16.4. The van der Waals surface area contributed by atoms with Crippen LogP contribution >= 0.6 is 23.1 Å². The molecule has 1 saturated heterocycles. The number of rotatable bonds is 6. The molecule has 1 aromatic heterocycles. The van der Waals surface area contributed by atoms with Gasteiger partial charge in [-0.25, -0.2) is 0 Å². The van der Waals surface area contributed by atoms with E-state index in [0.29, 0.717) is 6.04 Å². The maximum atomic E-state index is 13.1. The van der Waals surface area contributed by atoms with Crippen molar-refractivity contribution in [3.05, 3.63) is 82.6 Å². The Morgan fingerprint density at radius 1 is 1.07 bits per heavy atom. The molecule has 0 radical (unpaired) electrons. The third-order valence-corrected chi connectivity index (χ3v) is 6.87. The van der Waals surface area contributed by atoms with Crippen LogP contribution in [0.3, 0.4) is 0 Å². The standard InChI is InChI=1S/C22H22N2OS2/c25-22(24-13-12-18(15-24)23-17-7-2-1-3-8-17)20-10-4-5-11-21(20)27-16-19-9-6-14-26-19/h1-11,14,18,23H,12-13,15-16H2. The molecule has 1 unspecified atom stereocenters. The van der Waals surface area contributed by atoms with Gasteiger partial charge in [-0.3, -0.25) is 4.79 Å². The summed E-state index contributed by atoms with van der Waals surface area (Å²) in [5.41, 5.74) is 1.93. The number of hydrogen-bond acceptors (Lipinski definition) is 4. The molecule has 0 aliphatic carbocycles. The molecule has 27 heavy (non-hydrogen) atoms. The second-order valence-electron chi connectivity index (χ2n) is 6.61. The topological polar surface area (TPSA) is 32.3 Å². The zero-order valence-electron chi connectivity index (χ0n) is 15.0. The van der Waals surface area contributed by atoms with Crippen molar-refractivity contribution >= 4 is 34.7 Å². The van der Waals surface area contributed by atoms with Gasteiger partial charge in [-0.15, -0.1) is 23.1 Å². The molecular weight excluding hydrogens is 372 g/mol. The second-order valence-corrected chi connectivity index (χ2v) is 8.66. The predicted molar refractivity (Wildman–Crippen MR) is 115 cm³/mol. The Labute approximate surface area is 168 Å². The summed E-state index contributed by atoms with van der Waals surface area (Å²) >= 11 is 3.50. The maximum absolute atomic E-state index is 13.1. The maximum Gasteiger partial charge on any atom is 0.255 e. The lowest BCUT2D eigenvalue weighted by atomic mass is 10.2. The molecule has 1 N–H and O–H groups in total. The first kappa shape index (κ1) is 18.1. The minimum atomic E-state index is 0.140. The van der Waals surface area contributed by atoms with Crippen LogP contribution in [0.15, 0.2) is 77.0 Å². The highest BCUT2D eigenvalue weighted by molar-refractivity contribution is 7.98. The van der Waals surface area contributed by atoms with Gasteiger partial charge < -0.3 is 10.2 Å². The summed E-state index contributed by atoms with van der Waals surface area (Å²) in [6.45, 7) is 1.55.